The van der Waals surface area contributed by atoms with Crippen LogP contribution in [-0.2, 0) is 4.79 Å². The lowest BCUT2D eigenvalue weighted by Gasteiger charge is -2.12. The topological polar surface area (TPSA) is 72.2 Å². The van der Waals surface area contributed by atoms with Gasteiger partial charge < -0.3 is 5.11 Å². The van der Waals surface area contributed by atoms with Crippen LogP contribution in [0.2, 0.25) is 0 Å². The van der Waals surface area contributed by atoms with E-state index in [9.17, 15) is 9.59 Å². The molecular formula is C15H16N2O3S. The standard InChI is InChI=1S/C15H16N2O3S/c1-2-9-7-12(9)17-14(20)10-5-3-4-6-11(10)16-15(17)21-8-13(18)19/h3-6,9,12H,2,7-8H2,1H3,(H,18,19). The molecule has 0 aliphatic heterocycles. The fourth-order valence-corrected chi connectivity index (χ4v) is 3.41. The number of thioether (sulfide) groups is 1. The summed E-state index contributed by atoms with van der Waals surface area (Å²) in [6.45, 7) is 2.11. The van der Waals surface area contributed by atoms with Gasteiger partial charge in [0.05, 0.1) is 16.7 Å². The normalized spacial score (nSPS) is 20.6. The second kappa shape index (κ2) is 5.52. The van der Waals surface area contributed by atoms with E-state index in [1.54, 1.807) is 16.7 Å². The lowest BCUT2D eigenvalue weighted by Crippen LogP contribution is -2.23. The zero-order valence-electron chi connectivity index (χ0n) is 11.7. The number of para-hydroxylation sites is 1. The Morgan fingerprint density at radius 1 is 1.48 bits per heavy atom. The van der Waals surface area contributed by atoms with E-state index in [1.165, 1.54) is 0 Å². The maximum absolute atomic E-state index is 12.7. The first kappa shape index (κ1) is 14.1. The first-order valence-corrected chi connectivity index (χ1v) is 7.96. The number of benzene rings is 1. The van der Waals surface area contributed by atoms with Crippen LogP contribution in [0.3, 0.4) is 0 Å². The zero-order chi connectivity index (χ0) is 15.0. The molecule has 21 heavy (non-hydrogen) atoms. The molecule has 0 radical (unpaired) electrons. The lowest BCUT2D eigenvalue weighted by molar-refractivity contribution is -0.133. The van der Waals surface area contributed by atoms with Crippen molar-refractivity contribution in [2.75, 3.05) is 5.75 Å². The Balaban J connectivity index is 2.11. The molecule has 3 rings (SSSR count). The van der Waals surface area contributed by atoms with Crippen LogP contribution in [-0.4, -0.2) is 26.4 Å². The fraction of sp³-hybridized carbons (Fsp3) is 0.400. The number of hydrogen-bond donors (Lipinski definition) is 1. The van der Waals surface area contributed by atoms with Gasteiger partial charge in [-0.15, -0.1) is 0 Å². The highest BCUT2D eigenvalue weighted by Crippen LogP contribution is 2.46. The van der Waals surface area contributed by atoms with Gasteiger partial charge in [0.2, 0.25) is 0 Å². The predicted molar refractivity (Wildman–Crippen MR) is 81.8 cm³/mol. The van der Waals surface area contributed by atoms with Gasteiger partial charge in [0.25, 0.3) is 5.56 Å². The van der Waals surface area contributed by atoms with Gasteiger partial charge in [0, 0.05) is 6.04 Å². The maximum atomic E-state index is 12.7. The van der Waals surface area contributed by atoms with Crippen LogP contribution in [0.5, 0.6) is 0 Å². The summed E-state index contributed by atoms with van der Waals surface area (Å²) in [5, 5.41) is 9.98. The van der Waals surface area contributed by atoms with Crippen molar-refractivity contribution in [3.63, 3.8) is 0 Å². The van der Waals surface area contributed by atoms with E-state index in [-0.39, 0.29) is 17.4 Å². The summed E-state index contributed by atoms with van der Waals surface area (Å²) < 4.78 is 1.70. The predicted octanol–water partition coefficient (Wildman–Crippen LogP) is 2.54. The minimum absolute atomic E-state index is 0.0607. The highest BCUT2D eigenvalue weighted by molar-refractivity contribution is 7.99. The van der Waals surface area contributed by atoms with Crippen LogP contribution >= 0.6 is 11.8 Å². The number of rotatable bonds is 5. The SMILES string of the molecule is CCC1CC1n1c(SCC(=O)O)nc2ccccc2c1=O. The Labute approximate surface area is 126 Å². The van der Waals surface area contributed by atoms with E-state index in [4.69, 9.17) is 5.11 Å². The first-order valence-electron chi connectivity index (χ1n) is 6.97. The highest BCUT2D eigenvalue weighted by atomic mass is 32.2. The van der Waals surface area contributed by atoms with Crippen LogP contribution in [0.25, 0.3) is 10.9 Å². The molecule has 0 bridgehead atoms. The van der Waals surface area contributed by atoms with Crippen LogP contribution in [0.1, 0.15) is 25.8 Å². The van der Waals surface area contributed by atoms with Gasteiger partial charge in [-0.3, -0.25) is 14.2 Å². The summed E-state index contributed by atoms with van der Waals surface area (Å²) >= 11 is 1.12. The molecule has 1 fully saturated rings. The Bertz CT molecular complexity index is 756. The largest absolute Gasteiger partial charge is 0.481 e. The van der Waals surface area contributed by atoms with Gasteiger partial charge in [0.1, 0.15) is 0 Å². The minimum Gasteiger partial charge on any atom is -0.481 e. The molecule has 6 heteroatoms. The molecule has 0 amide bonds. The lowest BCUT2D eigenvalue weighted by atomic mass is 10.2. The summed E-state index contributed by atoms with van der Waals surface area (Å²) in [7, 11) is 0. The molecule has 1 aromatic heterocycles. The molecule has 1 N–H and O–H groups in total. The number of carboxylic acid groups (broad SMARTS) is 1. The van der Waals surface area contributed by atoms with Crippen molar-refractivity contribution in [2.45, 2.75) is 31.0 Å². The molecule has 1 saturated carbocycles. The smallest absolute Gasteiger partial charge is 0.313 e. The zero-order valence-corrected chi connectivity index (χ0v) is 12.5. The maximum Gasteiger partial charge on any atom is 0.313 e. The van der Waals surface area contributed by atoms with Crippen molar-refractivity contribution < 1.29 is 9.90 Å². The van der Waals surface area contributed by atoms with Crippen molar-refractivity contribution >= 4 is 28.6 Å². The van der Waals surface area contributed by atoms with Gasteiger partial charge in [0.15, 0.2) is 5.16 Å². The van der Waals surface area contributed by atoms with Gasteiger partial charge in [-0.05, 0) is 24.5 Å². The van der Waals surface area contributed by atoms with E-state index >= 15 is 0 Å². The van der Waals surface area contributed by atoms with Crippen LogP contribution in [0.15, 0.2) is 34.2 Å². The molecule has 0 saturated heterocycles. The van der Waals surface area contributed by atoms with Crippen molar-refractivity contribution in [1.29, 1.82) is 0 Å². The molecule has 1 aliphatic carbocycles. The van der Waals surface area contributed by atoms with E-state index < -0.39 is 5.97 Å². The third kappa shape index (κ3) is 2.68. The molecule has 2 aromatic rings. The Hall–Kier alpha value is -1.82. The summed E-state index contributed by atoms with van der Waals surface area (Å²) in [5.41, 5.74) is 0.565. The minimum atomic E-state index is -0.906. The highest BCUT2D eigenvalue weighted by Gasteiger charge is 2.39. The molecule has 2 unspecified atom stereocenters. The van der Waals surface area contributed by atoms with E-state index in [0.29, 0.717) is 22.0 Å². The monoisotopic (exact) mass is 304 g/mol. The van der Waals surface area contributed by atoms with Crippen molar-refractivity contribution in [2.24, 2.45) is 5.92 Å². The molecule has 1 aromatic carbocycles. The third-order valence-corrected chi connectivity index (χ3v) is 4.78. The number of carboxylic acids is 1. The molecule has 1 heterocycles. The number of hydrogen-bond acceptors (Lipinski definition) is 4. The molecule has 0 spiro atoms. The number of nitrogens with zero attached hydrogens (tertiary/aromatic N) is 2. The molecular weight excluding hydrogens is 288 g/mol. The molecule has 2 atom stereocenters. The summed E-state index contributed by atoms with van der Waals surface area (Å²) in [5.74, 6) is -0.500. The fourth-order valence-electron chi connectivity index (χ4n) is 2.63. The Morgan fingerprint density at radius 2 is 2.24 bits per heavy atom. The average molecular weight is 304 g/mol. The van der Waals surface area contributed by atoms with Gasteiger partial charge in [-0.1, -0.05) is 37.2 Å². The van der Waals surface area contributed by atoms with Crippen LogP contribution in [0, 0.1) is 5.92 Å². The van der Waals surface area contributed by atoms with Gasteiger partial charge in [-0.25, -0.2) is 4.98 Å². The van der Waals surface area contributed by atoms with Gasteiger partial charge in [-0.2, -0.15) is 0 Å². The Kier molecular flexibility index (Phi) is 3.71. The van der Waals surface area contributed by atoms with Crippen LogP contribution < -0.4 is 5.56 Å². The van der Waals surface area contributed by atoms with Crippen molar-refractivity contribution in [3.8, 4) is 0 Å². The first-order chi connectivity index (χ1) is 10.1. The van der Waals surface area contributed by atoms with E-state index in [2.05, 4.69) is 11.9 Å². The summed E-state index contributed by atoms with van der Waals surface area (Å²) in [4.78, 5) is 28.0. The Morgan fingerprint density at radius 3 is 2.90 bits per heavy atom. The molecule has 110 valence electrons. The molecule has 5 nitrogen and oxygen atoms in total. The number of fused-ring (bicyclic) bond motifs is 1. The second-order valence-electron chi connectivity index (χ2n) is 5.24. The van der Waals surface area contributed by atoms with E-state index in [1.807, 2.05) is 12.1 Å². The number of carbonyl (C=O) groups is 1. The summed E-state index contributed by atoms with van der Waals surface area (Å²) in [6, 6.07) is 7.38. The van der Waals surface area contributed by atoms with Crippen molar-refractivity contribution in [1.82, 2.24) is 9.55 Å². The van der Waals surface area contributed by atoms with E-state index in [0.717, 1.165) is 24.6 Å². The van der Waals surface area contributed by atoms with Gasteiger partial charge >= 0.3 is 5.97 Å². The van der Waals surface area contributed by atoms with Crippen molar-refractivity contribution in [3.05, 3.63) is 34.6 Å². The molecule has 1 aliphatic rings. The third-order valence-electron chi connectivity index (χ3n) is 3.84. The van der Waals surface area contributed by atoms with Crippen LogP contribution in [0.4, 0.5) is 0 Å². The summed E-state index contributed by atoms with van der Waals surface area (Å²) in [6.07, 6.45) is 1.99. The second-order valence-corrected chi connectivity index (χ2v) is 6.18. The number of aliphatic carboxylic acids is 1. The number of aromatic nitrogens is 2. The average Bonchev–Trinajstić information content (AvgIpc) is 3.24. The quantitative estimate of drug-likeness (QED) is 0.679.